The summed E-state index contributed by atoms with van der Waals surface area (Å²) in [5.74, 6) is 1.02. The third kappa shape index (κ3) is 4.41. The predicted molar refractivity (Wildman–Crippen MR) is 99.6 cm³/mol. The molecule has 4 N–H and O–H groups in total. The molecule has 1 saturated heterocycles. The molecule has 0 bridgehead atoms. The number of fused-ring (bicyclic) bond motifs is 1. The quantitative estimate of drug-likeness (QED) is 0.645. The summed E-state index contributed by atoms with van der Waals surface area (Å²) in [5, 5.41) is 12.9. The van der Waals surface area contributed by atoms with E-state index in [0.29, 0.717) is 6.42 Å². The highest BCUT2D eigenvalue weighted by Crippen LogP contribution is 2.26. The molecular formula is C18H29N5O2. The fourth-order valence-corrected chi connectivity index (χ4v) is 3.47. The second-order valence-corrected chi connectivity index (χ2v) is 6.76. The number of rotatable bonds is 9. The molecule has 0 radical (unpaired) electrons. The van der Waals surface area contributed by atoms with Crippen molar-refractivity contribution in [2.75, 3.05) is 24.3 Å². The fourth-order valence-electron chi connectivity index (χ4n) is 3.47. The largest absolute Gasteiger partial charge is 0.396 e. The van der Waals surface area contributed by atoms with Crippen molar-refractivity contribution in [3.63, 3.8) is 0 Å². The van der Waals surface area contributed by atoms with Crippen LogP contribution in [0, 0.1) is 0 Å². The lowest BCUT2D eigenvalue weighted by Gasteiger charge is -2.20. The maximum atomic E-state index is 9.37. The van der Waals surface area contributed by atoms with E-state index in [-0.39, 0.29) is 24.7 Å². The van der Waals surface area contributed by atoms with Gasteiger partial charge in [0, 0.05) is 32.0 Å². The number of aliphatic hydroxyl groups is 1. The van der Waals surface area contributed by atoms with Crippen LogP contribution in [0.1, 0.15) is 45.4 Å². The van der Waals surface area contributed by atoms with Gasteiger partial charge >= 0.3 is 0 Å². The molecule has 2 aromatic heterocycles. The van der Waals surface area contributed by atoms with E-state index in [2.05, 4.69) is 26.8 Å². The summed E-state index contributed by atoms with van der Waals surface area (Å²) in [5.41, 5.74) is 7.70. The first kappa shape index (κ1) is 17.9. The van der Waals surface area contributed by atoms with Crippen LogP contribution in [0.3, 0.4) is 0 Å². The van der Waals surface area contributed by atoms with Crippen molar-refractivity contribution in [1.82, 2.24) is 14.5 Å². The van der Waals surface area contributed by atoms with Crippen LogP contribution in [0.2, 0.25) is 0 Å². The van der Waals surface area contributed by atoms with E-state index < -0.39 is 0 Å². The van der Waals surface area contributed by atoms with Gasteiger partial charge in [-0.25, -0.2) is 4.98 Å². The summed E-state index contributed by atoms with van der Waals surface area (Å²) in [7, 11) is 0. The van der Waals surface area contributed by atoms with Gasteiger partial charge in [-0.05, 0) is 31.7 Å². The van der Waals surface area contributed by atoms with Gasteiger partial charge in [-0.2, -0.15) is 4.98 Å². The first-order valence-corrected chi connectivity index (χ1v) is 9.32. The van der Waals surface area contributed by atoms with E-state index in [4.69, 9.17) is 10.5 Å². The average Bonchev–Trinajstić information content (AvgIpc) is 3.23. The summed E-state index contributed by atoms with van der Waals surface area (Å²) in [6, 6.07) is 2.15. The van der Waals surface area contributed by atoms with E-state index in [0.717, 1.165) is 62.1 Å². The highest BCUT2D eigenvalue weighted by atomic mass is 16.5. The maximum absolute atomic E-state index is 9.37. The van der Waals surface area contributed by atoms with Gasteiger partial charge in [-0.1, -0.05) is 19.8 Å². The number of nitrogen functional groups attached to an aromatic ring is 1. The Balaban J connectivity index is 1.87. The molecule has 0 aromatic carbocycles. The molecule has 0 amide bonds. The number of unbranched alkanes of at least 4 members (excludes halogenated alkanes) is 1. The number of ether oxygens (including phenoxy) is 1. The van der Waals surface area contributed by atoms with Crippen molar-refractivity contribution in [1.29, 1.82) is 0 Å². The van der Waals surface area contributed by atoms with Gasteiger partial charge in [0.15, 0.2) is 5.82 Å². The van der Waals surface area contributed by atoms with E-state index in [1.54, 1.807) is 0 Å². The maximum Gasteiger partial charge on any atom is 0.222 e. The van der Waals surface area contributed by atoms with Crippen LogP contribution in [-0.2, 0) is 11.3 Å². The van der Waals surface area contributed by atoms with Crippen molar-refractivity contribution >= 4 is 22.8 Å². The Bertz CT molecular complexity index is 681. The molecule has 1 aliphatic rings. The first-order valence-electron chi connectivity index (χ1n) is 9.32. The van der Waals surface area contributed by atoms with Crippen LogP contribution in [0.4, 0.5) is 11.8 Å². The minimum absolute atomic E-state index is 0.155. The Hall–Kier alpha value is -1.86. The molecule has 0 saturated carbocycles. The zero-order valence-electron chi connectivity index (χ0n) is 14.9. The standard InChI is InChI=1S/C18H29N5O2/c1-2-3-5-13(8-10-24)20-17-16-15(21-18(19)22-17)7-9-23(16)12-14-6-4-11-25-14/h7,9,13-14,24H,2-6,8,10-12H2,1H3,(H3,19,20,21,22)/t13-,14?/m0/s1. The van der Waals surface area contributed by atoms with E-state index >= 15 is 0 Å². The molecule has 3 heterocycles. The number of hydrogen-bond donors (Lipinski definition) is 3. The lowest BCUT2D eigenvalue weighted by molar-refractivity contribution is 0.0980. The smallest absolute Gasteiger partial charge is 0.222 e. The molecule has 0 aliphatic carbocycles. The Morgan fingerprint density at radius 1 is 1.44 bits per heavy atom. The summed E-state index contributed by atoms with van der Waals surface area (Å²) in [6.45, 7) is 3.96. The summed E-state index contributed by atoms with van der Waals surface area (Å²) in [6.07, 6.45) is 8.40. The zero-order valence-corrected chi connectivity index (χ0v) is 14.9. The minimum atomic E-state index is 0.155. The van der Waals surface area contributed by atoms with Gasteiger partial charge in [-0.3, -0.25) is 0 Å². The van der Waals surface area contributed by atoms with Crippen molar-refractivity contribution < 1.29 is 9.84 Å². The van der Waals surface area contributed by atoms with E-state index in [1.807, 2.05) is 12.3 Å². The first-order chi connectivity index (χ1) is 12.2. The number of anilines is 2. The molecule has 138 valence electrons. The molecule has 1 unspecified atom stereocenters. The molecule has 3 rings (SSSR count). The van der Waals surface area contributed by atoms with Gasteiger partial charge in [-0.15, -0.1) is 0 Å². The van der Waals surface area contributed by atoms with Crippen molar-refractivity contribution in [2.24, 2.45) is 0 Å². The van der Waals surface area contributed by atoms with Crippen LogP contribution in [0.15, 0.2) is 12.3 Å². The monoisotopic (exact) mass is 347 g/mol. The third-order valence-corrected chi connectivity index (χ3v) is 4.78. The predicted octanol–water partition coefficient (Wildman–Crippen LogP) is 2.55. The summed E-state index contributed by atoms with van der Waals surface area (Å²) >= 11 is 0. The number of aromatic nitrogens is 3. The molecule has 2 aromatic rings. The fraction of sp³-hybridized carbons (Fsp3) is 0.667. The minimum Gasteiger partial charge on any atom is -0.396 e. The second-order valence-electron chi connectivity index (χ2n) is 6.76. The summed E-state index contributed by atoms with van der Waals surface area (Å²) < 4.78 is 7.93. The van der Waals surface area contributed by atoms with E-state index in [1.165, 1.54) is 0 Å². The van der Waals surface area contributed by atoms with Crippen LogP contribution in [0.25, 0.3) is 11.0 Å². The number of nitrogens with one attached hydrogen (secondary N) is 1. The van der Waals surface area contributed by atoms with Crippen LogP contribution in [-0.4, -0.2) is 45.0 Å². The molecule has 1 fully saturated rings. The molecular weight excluding hydrogens is 318 g/mol. The Kier molecular flexibility index (Phi) is 6.09. The van der Waals surface area contributed by atoms with Gasteiger partial charge in [0.1, 0.15) is 5.52 Å². The third-order valence-electron chi connectivity index (χ3n) is 4.78. The molecule has 2 atom stereocenters. The number of nitrogens with two attached hydrogens (primary N) is 1. The molecule has 0 spiro atoms. The lowest BCUT2D eigenvalue weighted by Crippen LogP contribution is -2.23. The Morgan fingerprint density at radius 3 is 3.04 bits per heavy atom. The normalized spacial score (nSPS) is 18.7. The van der Waals surface area contributed by atoms with Crippen molar-refractivity contribution in [3.05, 3.63) is 12.3 Å². The molecule has 1 aliphatic heterocycles. The topological polar surface area (TPSA) is 98.2 Å². The molecule has 7 heteroatoms. The molecule has 25 heavy (non-hydrogen) atoms. The highest BCUT2D eigenvalue weighted by molar-refractivity contribution is 5.87. The van der Waals surface area contributed by atoms with Crippen molar-refractivity contribution in [2.45, 2.75) is 64.1 Å². The van der Waals surface area contributed by atoms with Crippen molar-refractivity contribution in [3.8, 4) is 0 Å². The highest BCUT2D eigenvalue weighted by Gasteiger charge is 2.20. The Labute approximate surface area is 148 Å². The van der Waals surface area contributed by atoms with Crippen LogP contribution >= 0.6 is 0 Å². The van der Waals surface area contributed by atoms with Gasteiger partial charge < -0.3 is 25.5 Å². The zero-order chi connectivity index (χ0) is 17.6. The molecule has 7 nitrogen and oxygen atoms in total. The van der Waals surface area contributed by atoms with E-state index in [9.17, 15) is 5.11 Å². The number of hydrogen-bond acceptors (Lipinski definition) is 6. The summed E-state index contributed by atoms with van der Waals surface area (Å²) in [4.78, 5) is 8.81. The van der Waals surface area contributed by atoms with Crippen LogP contribution in [0.5, 0.6) is 0 Å². The van der Waals surface area contributed by atoms with Gasteiger partial charge in [0.2, 0.25) is 5.95 Å². The second kappa shape index (κ2) is 8.49. The van der Waals surface area contributed by atoms with Gasteiger partial charge in [0.05, 0.1) is 11.6 Å². The van der Waals surface area contributed by atoms with Crippen LogP contribution < -0.4 is 11.1 Å². The lowest BCUT2D eigenvalue weighted by atomic mass is 10.1. The number of nitrogens with zero attached hydrogens (tertiary/aromatic N) is 3. The SMILES string of the molecule is CCCC[C@@H](CCO)Nc1nc(N)nc2ccn(CC3CCCO3)c12. The average molecular weight is 347 g/mol. The van der Waals surface area contributed by atoms with Gasteiger partial charge in [0.25, 0.3) is 0 Å². The number of aliphatic hydroxyl groups excluding tert-OH is 1. The Morgan fingerprint density at radius 2 is 2.32 bits per heavy atom.